The van der Waals surface area contributed by atoms with Crippen molar-refractivity contribution in [3.8, 4) is 0 Å². The topological polar surface area (TPSA) is 50.4 Å². The molecule has 0 spiro atoms. The molecule has 0 fully saturated rings. The van der Waals surface area contributed by atoms with Crippen LogP contribution in [0.2, 0.25) is 0 Å². The number of hydrogen-bond acceptors (Lipinski definition) is 3. The third kappa shape index (κ3) is 6.94. The predicted octanol–water partition coefficient (Wildman–Crippen LogP) is 2.55. The Bertz CT molecular complexity index is 363. The molecule has 4 heteroatoms. The third-order valence-corrected chi connectivity index (χ3v) is 2.58. The number of rotatable bonds is 9. The maximum Gasteiger partial charge on any atom is 0.250 e. The molecular weight excluding hydrogens is 240 g/mol. The molecule has 0 atom stereocenters. The monoisotopic (exact) mass is 264 g/mol. The molecule has 2 N–H and O–H groups in total. The Hall–Kier alpha value is -1.39. The van der Waals surface area contributed by atoms with Gasteiger partial charge in [0.2, 0.25) is 5.91 Å². The molecule has 1 aromatic carbocycles. The summed E-state index contributed by atoms with van der Waals surface area (Å²) in [6, 6.07) is 7.87. The lowest BCUT2D eigenvalue weighted by molar-refractivity contribution is -0.120. The second-order valence-corrected chi connectivity index (χ2v) is 4.47. The summed E-state index contributed by atoms with van der Waals surface area (Å²) in [4.78, 5) is 11.5. The lowest BCUT2D eigenvalue weighted by Gasteiger charge is -2.07. The minimum absolute atomic E-state index is 0.106. The molecule has 0 aromatic heterocycles. The maximum absolute atomic E-state index is 11.5. The Balaban J connectivity index is 2.32. The van der Waals surface area contributed by atoms with Gasteiger partial charge in [0.25, 0.3) is 0 Å². The molecule has 0 saturated carbocycles. The van der Waals surface area contributed by atoms with Crippen LogP contribution >= 0.6 is 0 Å². The van der Waals surface area contributed by atoms with E-state index in [0.29, 0.717) is 6.61 Å². The van der Waals surface area contributed by atoms with Crippen molar-refractivity contribution in [2.75, 3.05) is 25.1 Å². The lowest BCUT2D eigenvalue weighted by atomic mass is 10.2. The van der Waals surface area contributed by atoms with Crippen LogP contribution in [0.25, 0.3) is 0 Å². The molecule has 19 heavy (non-hydrogen) atoms. The van der Waals surface area contributed by atoms with E-state index in [1.54, 1.807) is 0 Å². The van der Waals surface area contributed by atoms with Crippen molar-refractivity contribution in [1.29, 1.82) is 0 Å². The van der Waals surface area contributed by atoms with Crippen LogP contribution in [-0.4, -0.2) is 25.7 Å². The van der Waals surface area contributed by atoms with Crippen molar-refractivity contribution < 1.29 is 9.53 Å². The van der Waals surface area contributed by atoms with Gasteiger partial charge in [0.1, 0.15) is 6.61 Å². The fourth-order valence-electron chi connectivity index (χ4n) is 1.62. The van der Waals surface area contributed by atoms with Crippen LogP contribution < -0.4 is 10.6 Å². The van der Waals surface area contributed by atoms with E-state index in [4.69, 9.17) is 4.74 Å². The Morgan fingerprint density at radius 1 is 1.16 bits per heavy atom. The quantitative estimate of drug-likeness (QED) is 0.674. The highest BCUT2D eigenvalue weighted by molar-refractivity contribution is 5.91. The van der Waals surface area contributed by atoms with Crippen molar-refractivity contribution in [3.05, 3.63) is 29.8 Å². The largest absolute Gasteiger partial charge is 0.372 e. The van der Waals surface area contributed by atoms with Gasteiger partial charge >= 0.3 is 0 Å². The van der Waals surface area contributed by atoms with Crippen LogP contribution in [-0.2, 0) is 16.1 Å². The number of carbonyl (C=O) groups excluding carboxylic acids is 1. The smallest absolute Gasteiger partial charge is 0.250 e. The fourth-order valence-corrected chi connectivity index (χ4v) is 1.62. The molecule has 0 unspecified atom stereocenters. The summed E-state index contributed by atoms with van der Waals surface area (Å²) < 4.78 is 5.18. The van der Waals surface area contributed by atoms with E-state index in [-0.39, 0.29) is 12.5 Å². The second-order valence-electron chi connectivity index (χ2n) is 4.47. The van der Waals surface area contributed by atoms with Crippen LogP contribution in [0.3, 0.4) is 0 Å². The van der Waals surface area contributed by atoms with Crippen LogP contribution in [0.5, 0.6) is 0 Å². The van der Waals surface area contributed by atoms with Gasteiger partial charge in [0.15, 0.2) is 0 Å². The summed E-state index contributed by atoms with van der Waals surface area (Å²) in [7, 11) is 0. The molecule has 106 valence electrons. The van der Waals surface area contributed by atoms with E-state index in [9.17, 15) is 4.79 Å². The number of anilines is 1. The van der Waals surface area contributed by atoms with Gasteiger partial charge in [-0.05, 0) is 37.1 Å². The highest BCUT2D eigenvalue weighted by atomic mass is 16.5. The zero-order chi connectivity index (χ0) is 13.9. The van der Waals surface area contributed by atoms with Gasteiger partial charge in [0.05, 0.1) is 0 Å². The van der Waals surface area contributed by atoms with Gasteiger partial charge in [0, 0.05) is 18.8 Å². The summed E-state index contributed by atoms with van der Waals surface area (Å²) >= 11 is 0. The highest BCUT2D eigenvalue weighted by Crippen LogP contribution is 2.09. The first-order chi connectivity index (χ1) is 9.26. The van der Waals surface area contributed by atoms with E-state index in [1.807, 2.05) is 31.2 Å². The average Bonchev–Trinajstić information content (AvgIpc) is 2.41. The van der Waals surface area contributed by atoms with E-state index in [1.165, 1.54) is 5.56 Å². The molecule has 0 bridgehead atoms. The van der Waals surface area contributed by atoms with Gasteiger partial charge in [-0.2, -0.15) is 0 Å². The molecule has 1 rings (SSSR count). The Kier molecular flexibility index (Phi) is 7.86. The molecule has 0 aliphatic carbocycles. The van der Waals surface area contributed by atoms with Gasteiger partial charge < -0.3 is 15.4 Å². The van der Waals surface area contributed by atoms with Crippen LogP contribution in [0, 0.1) is 0 Å². The zero-order valence-electron chi connectivity index (χ0n) is 11.9. The van der Waals surface area contributed by atoms with Gasteiger partial charge in [-0.1, -0.05) is 26.0 Å². The minimum Gasteiger partial charge on any atom is -0.372 e. The van der Waals surface area contributed by atoms with Gasteiger partial charge in [-0.3, -0.25) is 4.79 Å². The average molecular weight is 264 g/mol. The van der Waals surface area contributed by atoms with Crippen molar-refractivity contribution >= 4 is 11.6 Å². The first-order valence-corrected chi connectivity index (χ1v) is 6.93. The number of nitrogens with one attached hydrogen (secondary N) is 2. The third-order valence-electron chi connectivity index (χ3n) is 2.58. The SMILES string of the molecule is CCCNCc1ccc(NC(=O)COCCC)cc1. The Morgan fingerprint density at radius 2 is 1.89 bits per heavy atom. The van der Waals surface area contributed by atoms with Crippen LogP contribution in [0.15, 0.2) is 24.3 Å². The number of hydrogen-bond donors (Lipinski definition) is 2. The Labute approximate surface area is 115 Å². The maximum atomic E-state index is 11.5. The van der Waals surface area contributed by atoms with Gasteiger partial charge in [-0.15, -0.1) is 0 Å². The molecule has 1 amide bonds. The lowest BCUT2D eigenvalue weighted by Crippen LogP contribution is -2.18. The molecule has 1 aromatic rings. The van der Waals surface area contributed by atoms with E-state index in [0.717, 1.165) is 31.6 Å². The van der Waals surface area contributed by atoms with Gasteiger partial charge in [-0.25, -0.2) is 0 Å². The normalized spacial score (nSPS) is 10.4. The predicted molar refractivity (Wildman–Crippen MR) is 78.2 cm³/mol. The van der Waals surface area contributed by atoms with Crippen LogP contribution in [0.1, 0.15) is 32.3 Å². The molecule has 0 aliphatic rings. The van der Waals surface area contributed by atoms with Crippen molar-refractivity contribution in [1.82, 2.24) is 5.32 Å². The first kappa shape index (κ1) is 15.7. The summed E-state index contributed by atoms with van der Waals surface area (Å²) in [5.41, 5.74) is 2.03. The molecule has 0 saturated heterocycles. The molecular formula is C15H24N2O2. The van der Waals surface area contributed by atoms with E-state index in [2.05, 4.69) is 17.6 Å². The fraction of sp³-hybridized carbons (Fsp3) is 0.533. The molecule has 0 aliphatic heterocycles. The van der Waals surface area contributed by atoms with Crippen molar-refractivity contribution in [2.24, 2.45) is 0 Å². The summed E-state index contributed by atoms with van der Waals surface area (Å²) in [5.74, 6) is -0.106. The van der Waals surface area contributed by atoms with Crippen molar-refractivity contribution in [2.45, 2.75) is 33.2 Å². The molecule has 0 radical (unpaired) electrons. The highest BCUT2D eigenvalue weighted by Gasteiger charge is 2.02. The first-order valence-electron chi connectivity index (χ1n) is 6.93. The molecule has 4 nitrogen and oxygen atoms in total. The number of amides is 1. The number of ether oxygens (including phenoxy) is 1. The van der Waals surface area contributed by atoms with Crippen molar-refractivity contribution in [3.63, 3.8) is 0 Å². The Morgan fingerprint density at radius 3 is 2.53 bits per heavy atom. The number of carbonyl (C=O) groups is 1. The standard InChI is InChI=1S/C15H24N2O2/c1-3-9-16-11-13-5-7-14(8-6-13)17-15(18)12-19-10-4-2/h5-8,16H,3-4,9-12H2,1-2H3,(H,17,18). The van der Waals surface area contributed by atoms with E-state index < -0.39 is 0 Å². The summed E-state index contributed by atoms with van der Waals surface area (Å²) in [6.07, 6.45) is 2.05. The minimum atomic E-state index is -0.106. The van der Waals surface area contributed by atoms with Crippen LogP contribution in [0.4, 0.5) is 5.69 Å². The summed E-state index contributed by atoms with van der Waals surface area (Å²) in [6.45, 7) is 6.79. The zero-order valence-corrected chi connectivity index (χ0v) is 11.9. The summed E-state index contributed by atoms with van der Waals surface area (Å²) in [5, 5.41) is 6.15. The molecule has 0 heterocycles. The van der Waals surface area contributed by atoms with E-state index >= 15 is 0 Å². The number of benzene rings is 1. The second kappa shape index (κ2) is 9.53.